The molecule has 5 aliphatic rings. The van der Waals surface area contributed by atoms with Crippen molar-refractivity contribution in [3.63, 3.8) is 0 Å². The van der Waals surface area contributed by atoms with E-state index in [2.05, 4.69) is 25.2 Å². The maximum Gasteiger partial charge on any atom is 0.249 e. The highest BCUT2D eigenvalue weighted by atomic mass is 35.5. The van der Waals surface area contributed by atoms with Gasteiger partial charge in [0.25, 0.3) is 0 Å². The van der Waals surface area contributed by atoms with E-state index in [1.165, 1.54) is 11.3 Å². The average molecular weight is 576 g/mol. The molecule has 3 aliphatic carbocycles. The van der Waals surface area contributed by atoms with Crippen molar-refractivity contribution >= 4 is 23.2 Å². The van der Waals surface area contributed by atoms with E-state index in [4.69, 9.17) is 31.8 Å². The third kappa shape index (κ3) is 5.77. The number of hydrogen-bond acceptors (Lipinski definition) is 6. The number of nitrogens with two attached hydrogens (primary N) is 1. The summed E-state index contributed by atoms with van der Waals surface area (Å²) >= 11 is 6.20. The number of aliphatic hydroxyl groups is 1. The molecule has 0 aromatic carbocycles. The first kappa shape index (κ1) is 30.1. The standard InChI is InChI=1S/C32H50ClN3O4/c1-30(2)28(18-32(30,38)20-9-11-21(33)12-10-20)36-16-5-7-23-24-8-6-15-35-26(24)19-39-27-14-13-22(17-25(23)27)40-31(3,4)29(34)37/h11,20,22-23,25,27,35,38H,5-10,12-19H2,1-4H3,(H2,34,37)/t20-,22+,23?,25-,27?,32?/m1/s1. The first-order chi connectivity index (χ1) is 18.9. The van der Waals surface area contributed by atoms with Crippen LogP contribution >= 0.6 is 11.6 Å². The third-order valence-electron chi connectivity index (χ3n) is 10.8. The Morgan fingerprint density at radius 3 is 2.80 bits per heavy atom. The van der Waals surface area contributed by atoms with Crippen LogP contribution in [0.4, 0.5) is 0 Å². The lowest BCUT2D eigenvalue weighted by Crippen LogP contribution is -2.65. The van der Waals surface area contributed by atoms with Crippen LogP contribution in [0.15, 0.2) is 27.4 Å². The summed E-state index contributed by atoms with van der Waals surface area (Å²) in [5.74, 6) is 0.609. The van der Waals surface area contributed by atoms with Crippen LogP contribution in [0.3, 0.4) is 0 Å². The normalized spacial score (nSPS) is 37.0. The van der Waals surface area contributed by atoms with Gasteiger partial charge >= 0.3 is 0 Å². The molecule has 0 spiro atoms. The number of halogens is 1. The van der Waals surface area contributed by atoms with Crippen LogP contribution in [0.5, 0.6) is 0 Å². The van der Waals surface area contributed by atoms with Crippen LogP contribution in [-0.2, 0) is 14.3 Å². The van der Waals surface area contributed by atoms with Gasteiger partial charge in [-0.3, -0.25) is 9.79 Å². The molecule has 0 saturated heterocycles. The van der Waals surface area contributed by atoms with Gasteiger partial charge in [0.1, 0.15) is 5.60 Å². The van der Waals surface area contributed by atoms with E-state index in [0.29, 0.717) is 24.9 Å². The molecule has 2 saturated carbocycles. The number of rotatable bonds is 8. The zero-order valence-electron chi connectivity index (χ0n) is 24.9. The summed E-state index contributed by atoms with van der Waals surface area (Å²) in [5, 5.41) is 16.2. The fourth-order valence-electron chi connectivity index (χ4n) is 8.03. The van der Waals surface area contributed by atoms with Gasteiger partial charge in [-0.2, -0.15) is 0 Å². The minimum Gasteiger partial charge on any atom is -0.388 e. The molecule has 0 bridgehead atoms. The molecule has 5 rings (SSSR count). The molecule has 2 heterocycles. The Morgan fingerprint density at radius 2 is 2.10 bits per heavy atom. The van der Waals surface area contributed by atoms with Crippen LogP contribution in [-0.4, -0.2) is 59.8 Å². The Morgan fingerprint density at radius 1 is 1.30 bits per heavy atom. The van der Waals surface area contributed by atoms with Gasteiger partial charge in [0.15, 0.2) is 0 Å². The lowest BCUT2D eigenvalue weighted by Gasteiger charge is -2.58. The van der Waals surface area contributed by atoms with Gasteiger partial charge in [-0.05, 0) is 101 Å². The number of fused-ring (bicyclic) bond motifs is 1. The van der Waals surface area contributed by atoms with Gasteiger partial charge in [0, 0.05) is 41.4 Å². The summed E-state index contributed by atoms with van der Waals surface area (Å²) in [5.41, 5.74) is 7.62. The number of hydrogen-bond donors (Lipinski definition) is 3. The van der Waals surface area contributed by atoms with Crippen molar-refractivity contribution in [2.24, 2.45) is 33.9 Å². The number of allylic oxidation sites excluding steroid dienone is 3. The minimum atomic E-state index is -0.969. The summed E-state index contributed by atoms with van der Waals surface area (Å²) in [6.45, 7) is 10.3. The Kier molecular flexibility index (Phi) is 8.79. The topological polar surface area (TPSA) is 106 Å². The fourth-order valence-corrected chi connectivity index (χ4v) is 8.23. The maximum absolute atomic E-state index is 12.0. The number of nitrogens with zero attached hydrogens (tertiary/aromatic N) is 1. The van der Waals surface area contributed by atoms with E-state index >= 15 is 0 Å². The molecule has 0 aromatic rings. The molecular weight excluding hydrogens is 526 g/mol. The number of aliphatic imine (C=N–C) groups is 1. The van der Waals surface area contributed by atoms with Gasteiger partial charge in [-0.15, -0.1) is 0 Å². The minimum absolute atomic E-state index is 0.00626. The Hall–Kier alpha value is -1.41. The van der Waals surface area contributed by atoms with Gasteiger partial charge in [0.2, 0.25) is 5.91 Å². The summed E-state index contributed by atoms with van der Waals surface area (Å²) in [6, 6.07) is 0. The van der Waals surface area contributed by atoms with E-state index in [1.54, 1.807) is 13.8 Å². The molecule has 3 unspecified atom stereocenters. The van der Waals surface area contributed by atoms with Crippen molar-refractivity contribution in [2.75, 3.05) is 19.7 Å². The predicted molar refractivity (Wildman–Crippen MR) is 159 cm³/mol. The largest absolute Gasteiger partial charge is 0.388 e. The van der Waals surface area contributed by atoms with E-state index in [9.17, 15) is 9.90 Å². The van der Waals surface area contributed by atoms with Crippen LogP contribution in [0.2, 0.25) is 0 Å². The molecule has 0 aromatic heterocycles. The molecule has 8 heteroatoms. The Labute approximate surface area is 245 Å². The highest BCUT2D eigenvalue weighted by Crippen LogP contribution is 2.55. The zero-order chi connectivity index (χ0) is 28.7. The van der Waals surface area contributed by atoms with Gasteiger partial charge in [-0.1, -0.05) is 31.5 Å². The summed E-state index contributed by atoms with van der Waals surface area (Å²) in [7, 11) is 0. The number of ether oxygens (including phenoxy) is 2. The lowest BCUT2D eigenvalue weighted by molar-refractivity contribution is -0.155. The number of carbonyl (C=O) groups is 1. The van der Waals surface area contributed by atoms with Crippen molar-refractivity contribution in [3.8, 4) is 0 Å². The molecule has 6 atom stereocenters. The zero-order valence-corrected chi connectivity index (χ0v) is 25.7. The summed E-state index contributed by atoms with van der Waals surface area (Å²) in [6.07, 6.45) is 12.7. The van der Waals surface area contributed by atoms with Gasteiger partial charge in [0.05, 0.1) is 24.4 Å². The van der Waals surface area contributed by atoms with E-state index < -0.39 is 17.1 Å². The van der Waals surface area contributed by atoms with Crippen LogP contribution in [0.25, 0.3) is 0 Å². The average Bonchev–Trinajstić information content (AvgIpc) is 3.07. The van der Waals surface area contributed by atoms with Crippen LogP contribution in [0, 0.1) is 23.2 Å². The SMILES string of the molecule is CC(C)(O[C@H]1CCC2OCC3=C(CCCN3)C(CCCN=C3CC(O)([C@@H]4CC=C(Cl)CC4)C3(C)C)[C@H]2C1)C(N)=O. The molecule has 224 valence electrons. The Bertz CT molecular complexity index is 1070. The van der Waals surface area contributed by atoms with Crippen LogP contribution in [0.1, 0.15) is 98.3 Å². The van der Waals surface area contributed by atoms with Crippen molar-refractivity contribution in [1.82, 2.24) is 5.32 Å². The lowest BCUT2D eigenvalue weighted by atomic mass is 9.51. The fraction of sp³-hybridized carbons (Fsp3) is 0.812. The predicted octanol–water partition coefficient (Wildman–Crippen LogP) is 5.39. The second-order valence-corrected chi connectivity index (χ2v) is 14.4. The molecular formula is C32H50ClN3O4. The molecule has 40 heavy (non-hydrogen) atoms. The first-order valence-corrected chi connectivity index (χ1v) is 16.0. The van der Waals surface area contributed by atoms with Gasteiger partial charge in [-0.25, -0.2) is 0 Å². The highest BCUT2D eigenvalue weighted by molar-refractivity contribution is 6.29. The highest BCUT2D eigenvalue weighted by Gasteiger charge is 2.60. The second kappa shape index (κ2) is 11.7. The van der Waals surface area contributed by atoms with E-state index in [-0.39, 0.29) is 23.5 Å². The van der Waals surface area contributed by atoms with Crippen molar-refractivity contribution < 1.29 is 19.4 Å². The molecule has 2 aliphatic heterocycles. The number of nitrogens with one attached hydrogen (secondary N) is 1. The summed E-state index contributed by atoms with van der Waals surface area (Å²) in [4.78, 5) is 17.0. The molecule has 2 fully saturated rings. The van der Waals surface area contributed by atoms with E-state index in [1.807, 2.05) is 0 Å². The maximum atomic E-state index is 12.0. The van der Waals surface area contributed by atoms with Crippen molar-refractivity contribution in [1.29, 1.82) is 0 Å². The number of amides is 1. The van der Waals surface area contributed by atoms with Crippen molar-refractivity contribution in [3.05, 3.63) is 22.4 Å². The first-order valence-electron chi connectivity index (χ1n) is 15.6. The van der Waals surface area contributed by atoms with Gasteiger partial charge < -0.3 is 25.6 Å². The van der Waals surface area contributed by atoms with Crippen LogP contribution < -0.4 is 11.1 Å². The van der Waals surface area contributed by atoms with Crippen molar-refractivity contribution in [2.45, 2.75) is 122 Å². The molecule has 1 amide bonds. The Balaban J connectivity index is 1.25. The molecule has 0 radical (unpaired) electrons. The number of carbonyl (C=O) groups excluding carboxylic acids is 1. The third-order valence-corrected chi connectivity index (χ3v) is 11.2. The summed E-state index contributed by atoms with van der Waals surface area (Å²) < 4.78 is 12.8. The van der Waals surface area contributed by atoms with E-state index in [0.717, 1.165) is 88.0 Å². The molecule has 7 nitrogen and oxygen atoms in total. The monoisotopic (exact) mass is 575 g/mol. The second-order valence-electron chi connectivity index (χ2n) is 13.9. The smallest absolute Gasteiger partial charge is 0.249 e. The quantitative estimate of drug-likeness (QED) is 0.336. The number of primary amides is 1. The molecule has 4 N–H and O–H groups in total.